The molecular weight excluding hydrogens is 442 g/mol. The van der Waals surface area contributed by atoms with Gasteiger partial charge in [0.1, 0.15) is 5.75 Å². The molecule has 5 rings (SSSR count). The molecule has 0 aliphatic carbocycles. The first-order valence-electron chi connectivity index (χ1n) is 11.3. The summed E-state index contributed by atoms with van der Waals surface area (Å²) < 4.78 is 16.9. The van der Waals surface area contributed by atoms with E-state index >= 15 is 0 Å². The van der Waals surface area contributed by atoms with Crippen molar-refractivity contribution < 1.29 is 19.0 Å². The lowest BCUT2D eigenvalue weighted by Crippen LogP contribution is -2.48. The zero-order chi connectivity index (χ0) is 22.8. The third-order valence-corrected chi connectivity index (χ3v) is 6.89. The monoisotopic (exact) mass is 469 g/mol. The number of ether oxygens (including phenoxy) is 3. The zero-order valence-corrected chi connectivity index (χ0v) is 19.5. The Morgan fingerprint density at radius 1 is 1.09 bits per heavy atom. The molecule has 3 heterocycles. The van der Waals surface area contributed by atoms with Crippen molar-refractivity contribution in [2.75, 3.05) is 40.0 Å². The maximum Gasteiger partial charge on any atom is 0.257 e. The van der Waals surface area contributed by atoms with Crippen molar-refractivity contribution >= 4 is 23.2 Å². The molecular formula is C25H28ClN3O4. The lowest BCUT2D eigenvalue weighted by molar-refractivity contribution is -0.186. The molecule has 33 heavy (non-hydrogen) atoms. The number of halogens is 1. The van der Waals surface area contributed by atoms with E-state index < -0.39 is 5.79 Å². The molecule has 2 fully saturated rings. The van der Waals surface area contributed by atoms with Crippen molar-refractivity contribution in [1.82, 2.24) is 9.91 Å². The summed E-state index contributed by atoms with van der Waals surface area (Å²) in [7, 11) is 1.65. The molecule has 2 aromatic carbocycles. The van der Waals surface area contributed by atoms with Crippen LogP contribution in [-0.4, -0.2) is 67.3 Å². The Labute approximate surface area is 198 Å². The van der Waals surface area contributed by atoms with E-state index in [2.05, 4.69) is 4.90 Å². The van der Waals surface area contributed by atoms with Gasteiger partial charge in [0.05, 0.1) is 38.6 Å². The number of carbonyl (C=O) groups excluding carboxylic acids is 1. The van der Waals surface area contributed by atoms with Crippen LogP contribution in [0.2, 0.25) is 5.02 Å². The van der Waals surface area contributed by atoms with Crippen molar-refractivity contribution in [3.8, 4) is 5.75 Å². The molecule has 0 saturated carbocycles. The van der Waals surface area contributed by atoms with Gasteiger partial charge in [-0.25, -0.2) is 5.01 Å². The van der Waals surface area contributed by atoms with E-state index in [9.17, 15) is 4.79 Å². The minimum atomic E-state index is -0.446. The highest BCUT2D eigenvalue weighted by molar-refractivity contribution is 6.30. The molecule has 1 atom stereocenters. The Hall–Kier alpha value is -2.45. The summed E-state index contributed by atoms with van der Waals surface area (Å²) in [5.41, 5.74) is 2.89. The van der Waals surface area contributed by atoms with Crippen LogP contribution >= 0.6 is 11.6 Å². The summed E-state index contributed by atoms with van der Waals surface area (Å²) in [6, 6.07) is 15.3. The van der Waals surface area contributed by atoms with Gasteiger partial charge < -0.3 is 14.2 Å². The van der Waals surface area contributed by atoms with Crippen molar-refractivity contribution in [2.24, 2.45) is 5.10 Å². The van der Waals surface area contributed by atoms with E-state index in [4.69, 9.17) is 30.9 Å². The first kappa shape index (κ1) is 22.3. The molecule has 2 saturated heterocycles. The van der Waals surface area contributed by atoms with Gasteiger partial charge in [-0.3, -0.25) is 9.69 Å². The molecule has 0 N–H and O–H groups in total. The fourth-order valence-electron chi connectivity index (χ4n) is 4.74. The van der Waals surface area contributed by atoms with Gasteiger partial charge >= 0.3 is 0 Å². The molecule has 1 spiro atoms. The third kappa shape index (κ3) is 4.77. The number of hydrogen-bond donors (Lipinski definition) is 0. The van der Waals surface area contributed by atoms with Crippen LogP contribution in [0.1, 0.15) is 36.4 Å². The normalized spacial score (nSPS) is 22.5. The number of likely N-dealkylation sites (tertiary alicyclic amines) is 1. The number of amides is 1. The number of hydrogen-bond acceptors (Lipinski definition) is 6. The average Bonchev–Trinajstić information content (AvgIpc) is 3.49. The summed E-state index contributed by atoms with van der Waals surface area (Å²) in [5, 5.41) is 7.10. The predicted octanol–water partition coefficient (Wildman–Crippen LogP) is 3.87. The van der Waals surface area contributed by atoms with Gasteiger partial charge in [0, 0.05) is 37.4 Å². The highest BCUT2D eigenvalue weighted by Gasteiger charge is 2.41. The van der Waals surface area contributed by atoms with Crippen LogP contribution in [-0.2, 0) is 14.3 Å². The fourth-order valence-corrected chi connectivity index (χ4v) is 4.87. The van der Waals surface area contributed by atoms with Crippen LogP contribution in [0.15, 0.2) is 53.6 Å². The second-order valence-corrected chi connectivity index (χ2v) is 9.11. The smallest absolute Gasteiger partial charge is 0.257 e. The number of piperidine rings is 1. The number of nitrogens with zero attached hydrogens (tertiary/aromatic N) is 3. The van der Waals surface area contributed by atoms with Gasteiger partial charge in [-0.1, -0.05) is 23.7 Å². The number of methoxy groups -OCH3 is 1. The second-order valence-electron chi connectivity index (χ2n) is 8.67. The standard InChI is InChI=1S/C25H28ClN3O4/c1-31-21-8-4-18(5-9-21)22-16-23(19-2-6-20(26)7-3-19)29(27-22)24(30)17-28-12-10-25(11-13-28)32-14-15-33-25/h2-9,23H,10-17H2,1H3/t23-/m0/s1. The maximum atomic E-state index is 13.4. The van der Waals surface area contributed by atoms with Crippen molar-refractivity contribution in [1.29, 1.82) is 0 Å². The van der Waals surface area contributed by atoms with Gasteiger partial charge in [-0.15, -0.1) is 0 Å². The van der Waals surface area contributed by atoms with Gasteiger partial charge in [-0.05, 0) is 47.5 Å². The van der Waals surface area contributed by atoms with Crippen LogP contribution in [0.3, 0.4) is 0 Å². The minimum Gasteiger partial charge on any atom is -0.497 e. The summed E-state index contributed by atoms with van der Waals surface area (Å²) in [6.07, 6.45) is 2.20. The zero-order valence-electron chi connectivity index (χ0n) is 18.7. The van der Waals surface area contributed by atoms with E-state index in [1.54, 1.807) is 12.1 Å². The molecule has 0 aromatic heterocycles. The molecule has 174 valence electrons. The number of rotatable bonds is 5. The SMILES string of the molecule is COc1ccc(C2=NN(C(=O)CN3CCC4(CC3)OCCO4)[C@H](c3ccc(Cl)cc3)C2)cc1. The van der Waals surface area contributed by atoms with E-state index in [0.29, 0.717) is 31.2 Å². The molecule has 7 nitrogen and oxygen atoms in total. The molecule has 0 radical (unpaired) electrons. The van der Waals surface area contributed by atoms with Crippen molar-refractivity contribution in [3.05, 3.63) is 64.7 Å². The molecule has 1 amide bonds. The van der Waals surface area contributed by atoms with Gasteiger partial charge in [0.2, 0.25) is 0 Å². The highest BCUT2D eigenvalue weighted by atomic mass is 35.5. The Bertz CT molecular complexity index is 1010. The van der Waals surface area contributed by atoms with E-state index in [1.807, 2.05) is 48.5 Å². The lowest BCUT2D eigenvalue weighted by Gasteiger charge is -2.37. The van der Waals surface area contributed by atoms with Crippen LogP contribution in [0, 0.1) is 0 Å². The Morgan fingerprint density at radius 3 is 2.39 bits per heavy atom. The minimum absolute atomic E-state index is 0.0114. The molecule has 3 aliphatic rings. The van der Waals surface area contributed by atoms with Gasteiger partial charge in [-0.2, -0.15) is 5.10 Å². The Morgan fingerprint density at radius 2 is 1.76 bits per heavy atom. The number of carbonyl (C=O) groups is 1. The molecule has 3 aliphatic heterocycles. The summed E-state index contributed by atoms with van der Waals surface area (Å²) in [5.74, 6) is 0.332. The van der Waals surface area contributed by atoms with Gasteiger partial charge in [0.25, 0.3) is 5.91 Å². The molecule has 0 unspecified atom stereocenters. The Balaban J connectivity index is 1.33. The highest BCUT2D eigenvalue weighted by Crippen LogP contribution is 2.35. The predicted molar refractivity (Wildman–Crippen MR) is 125 cm³/mol. The lowest BCUT2D eigenvalue weighted by atomic mass is 9.98. The van der Waals surface area contributed by atoms with E-state index in [-0.39, 0.29) is 11.9 Å². The molecule has 0 bridgehead atoms. The van der Waals surface area contributed by atoms with Gasteiger partial charge in [0.15, 0.2) is 5.79 Å². The van der Waals surface area contributed by atoms with Crippen molar-refractivity contribution in [3.63, 3.8) is 0 Å². The first-order chi connectivity index (χ1) is 16.0. The molecule has 2 aromatic rings. The summed E-state index contributed by atoms with van der Waals surface area (Å²) in [6.45, 7) is 3.15. The first-order valence-corrected chi connectivity index (χ1v) is 11.7. The van der Waals surface area contributed by atoms with E-state index in [1.165, 1.54) is 0 Å². The summed E-state index contributed by atoms with van der Waals surface area (Å²) in [4.78, 5) is 15.6. The number of benzene rings is 2. The van der Waals surface area contributed by atoms with Crippen LogP contribution < -0.4 is 4.74 Å². The maximum absolute atomic E-state index is 13.4. The fraction of sp³-hybridized carbons (Fsp3) is 0.440. The second kappa shape index (κ2) is 9.43. The van der Waals surface area contributed by atoms with Crippen LogP contribution in [0.25, 0.3) is 0 Å². The quantitative estimate of drug-likeness (QED) is 0.665. The third-order valence-electron chi connectivity index (χ3n) is 6.63. The van der Waals surface area contributed by atoms with Crippen molar-refractivity contribution in [2.45, 2.75) is 31.1 Å². The van der Waals surface area contributed by atoms with Crippen LogP contribution in [0.4, 0.5) is 0 Å². The summed E-state index contributed by atoms with van der Waals surface area (Å²) >= 11 is 6.10. The Kier molecular flexibility index (Phi) is 6.38. The largest absolute Gasteiger partial charge is 0.497 e. The van der Waals surface area contributed by atoms with Crippen LogP contribution in [0.5, 0.6) is 5.75 Å². The molecule has 8 heteroatoms. The number of hydrazone groups is 1. The average molecular weight is 470 g/mol. The topological polar surface area (TPSA) is 63.6 Å². The van der Waals surface area contributed by atoms with E-state index in [0.717, 1.165) is 48.5 Å².